The van der Waals surface area contributed by atoms with Gasteiger partial charge in [-0.25, -0.2) is 4.98 Å². The van der Waals surface area contributed by atoms with E-state index in [1.165, 1.54) is 12.0 Å². The maximum absolute atomic E-state index is 13.9. The number of thiocarbonyl (C=S) groups is 1. The molecular formula is C50H61N7O8S2. The Hall–Kier alpha value is -5.93. The number of nitrogens with zero attached hydrogens (tertiary/aromatic N) is 5. The topological polar surface area (TPSA) is 176 Å². The van der Waals surface area contributed by atoms with Gasteiger partial charge in [0.05, 0.1) is 41.0 Å². The number of rotatable bonds is 21. The van der Waals surface area contributed by atoms with Crippen molar-refractivity contribution in [3.05, 3.63) is 89.1 Å². The van der Waals surface area contributed by atoms with E-state index in [1.807, 2.05) is 100 Å². The van der Waals surface area contributed by atoms with Crippen LogP contribution in [-0.2, 0) is 35.2 Å². The number of carbonyl (C=O) groups excluding carboxylic acids is 4. The van der Waals surface area contributed by atoms with Crippen molar-refractivity contribution in [1.29, 1.82) is 5.26 Å². The van der Waals surface area contributed by atoms with Crippen molar-refractivity contribution in [2.75, 3.05) is 56.5 Å². The molecule has 3 heterocycles. The summed E-state index contributed by atoms with van der Waals surface area (Å²) in [6.45, 7) is 13.7. The zero-order valence-electron chi connectivity index (χ0n) is 39.4. The van der Waals surface area contributed by atoms with Gasteiger partial charge in [0.15, 0.2) is 5.11 Å². The number of thiazole rings is 1. The van der Waals surface area contributed by atoms with Gasteiger partial charge >= 0.3 is 0 Å². The minimum atomic E-state index is -0.960. The Balaban J connectivity index is 0.849. The number of ether oxygens (including phenoxy) is 4. The molecule has 4 aromatic rings. The predicted octanol–water partition coefficient (Wildman–Crippen LogP) is 7.34. The third-order valence-corrected chi connectivity index (χ3v) is 13.1. The zero-order valence-corrected chi connectivity index (χ0v) is 41.0. The molecule has 4 amide bonds. The number of nitriles is 1. The third-order valence-electron chi connectivity index (χ3n) is 11.8. The van der Waals surface area contributed by atoms with E-state index in [9.17, 15) is 24.4 Å². The Bertz CT molecular complexity index is 2430. The van der Waals surface area contributed by atoms with Crippen LogP contribution in [0.25, 0.3) is 10.4 Å². The van der Waals surface area contributed by atoms with E-state index in [4.69, 9.17) is 31.2 Å². The quantitative estimate of drug-likeness (QED) is 0.0629. The number of carbonyl (C=O) groups is 4. The Morgan fingerprint density at radius 2 is 1.66 bits per heavy atom. The molecular weight excluding hydrogens is 891 g/mol. The molecule has 0 unspecified atom stereocenters. The maximum Gasteiger partial charge on any atom is 0.259 e. The minimum absolute atomic E-state index is 0.198. The number of amides is 4. The SMILES string of the molecule is COc1cc(N2C(=O)C(C)(C)N(c3ccc(OCCCCOCCCOCC(=O)N[C@H](C(=O)N4CCC[C@H]4C(=O)NCc4ccc(-c5scnc5C)cc4)C(C)(C)C)cc3)C2=S)ccc1C#N. The van der Waals surface area contributed by atoms with Crippen molar-refractivity contribution < 1.29 is 38.1 Å². The van der Waals surface area contributed by atoms with Crippen LogP contribution in [0, 0.1) is 23.7 Å². The summed E-state index contributed by atoms with van der Waals surface area (Å²) in [7, 11) is 1.48. The molecule has 0 spiro atoms. The minimum Gasteiger partial charge on any atom is -0.495 e. The average Bonchev–Trinajstić information content (AvgIpc) is 4.02. The number of anilines is 2. The zero-order chi connectivity index (χ0) is 48.3. The van der Waals surface area contributed by atoms with E-state index in [-0.39, 0.29) is 24.3 Å². The lowest BCUT2D eigenvalue weighted by atomic mass is 9.85. The van der Waals surface area contributed by atoms with Crippen LogP contribution >= 0.6 is 23.6 Å². The normalized spacial score (nSPS) is 16.2. The maximum atomic E-state index is 13.9. The summed E-state index contributed by atoms with van der Waals surface area (Å²) >= 11 is 7.40. The average molecular weight is 952 g/mol. The second-order valence-corrected chi connectivity index (χ2v) is 19.3. The summed E-state index contributed by atoms with van der Waals surface area (Å²) in [6.07, 6.45) is 3.42. The molecule has 0 saturated carbocycles. The fraction of sp³-hybridized carbons (Fsp3) is 0.460. The molecule has 2 atom stereocenters. The molecule has 2 saturated heterocycles. The molecule has 15 nitrogen and oxygen atoms in total. The number of unbranched alkanes of at least 4 members (excludes halogenated alkanes) is 1. The van der Waals surface area contributed by atoms with E-state index in [1.54, 1.807) is 34.4 Å². The number of nitrogens with one attached hydrogen (secondary N) is 2. The van der Waals surface area contributed by atoms with Gasteiger partial charge in [0, 0.05) is 44.7 Å². The standard InChI is InChI=1S/C50H61N7O8S2/c1-33-43(67-32-53-33)35-15-13-34(14-16-35)30-52-45(59)40-12-10-23-55(40)46(60)44(49(2,3)4)54-42(58)31-64-26-11-25-63-24-8-9-27-65-39-21-19-37(20-22-39)57-48(66)56(47(61)50(57,5)6)38-18-17-36(29-51)41(28-38)62-7/h13-22,28,32,40,44H,8-12,23-27,30-31H2,1-7H3,(H,52,59)(H,54,58)/t40-,44+/m0/s1. The van der Waals surface area contributed by atoms with Gasteiger partial charge in [0.25, 0.3) is 5.91 Å². The molecule has 67 heavy (non-hydrogen) atoms. The first-order chi connectivity index (χ1) is 32.0. The van der Waals surface area contributed by atoms with Gasteiger partial charge in [-0.05, 0) is 118 Å². The van der Waals surface area contributed by atoms with Gasteiger partial charge in [-0.15, -0.1) is 11.3 Å². The highest BCUT2D eigenvalue weighted by Crippen LogP contribution is 2.38. The van der Waals surface area contributed by atoms with Crippen molar-refractivity contribution in [2.45, 2.75) is 97.8 Å². The highest BCUT2D eigenvalue weighted by Gasteiger charge is 2.50. The van der Waals surface area contributed by atoms with Crippen LogP contribution in [-0.4, -0.2) is 103 Å². The summed E-state index contributed by atoms with van der Waals surface area (Å²) < 4.78 is 22.7. The molecule has 2 aliphatic heterocycles. The second-order valence-electron chi connectivity index (χ2n) is 18.1. The van der Waals surface area contributed by atoms with Crippen LogP contribution < -0.4 is 29.9 Å². The number of aromatic nitrogens is 1. The van der Waals surface area contributed by atoms with E-state index >= 15 is 0 Å². The predicted molar refractivity (Wildman–Crippen MR) is 262 cm³/mol. The Labute approximate surface area is 402 Å². The van der Waals surface area contributed by atoms with Crippen LogP contribution in [0.2, 0.25) is 0 Å². The van der Waals surface area contributed by atoms with Crippen molar-refractivity contribution in [2.24, 2.45) is 5.41 Å². The number of hydrogen-bond acceptors (Lipinski definition) is 12. The Kier molecular flexibility index (Phi) is 17.1. The summed E-state index contributed by atoms with van der Waals surface area (Å²) in [4.78, 5) is 64.2. The summed E-state index contributed by atoms with van der Waals surface area (Å²) in [5.41, 5.74) is 4.92. The third kappa shape index (κ3) is 12.3. The van der Waals surface area contributed by atoms with Gasteiger partial charge < -0.3 is 39.4 Å². The molecule has 0 aliphatic carbocycles. The lowest BCUT2D eigenvalue weighted by Crippen LogP contribution is -2.58. The molecule has 17 heteroatoms. The smallest absolute Gasteiger partial charge is 0.259 e. The van der Waals surface area contributed by atoms with Crippen LogP contribution in [0.1, 0.15) is 83.5 Å². The van der Waals surface area contributed by atoms with Crippen molar-refractivity contribution >= 4 is 63.7 Å². The number of hydrogen-bond donors (Lipinski definition) is 2. The van der Waals surface area contributed by atoms with Gasteiger partial charge in [-0.2, -0.15) is 5.26 Å². The second kappa shape index (κ2) is 22.7. The monoisotopic (exact) mass is 951 g/mol. The Morgan fingerprint density at radius 3 is 2.33 bits per heavy atom. The first-order valence-electron chi connectivity index (χ1n) is 22.6. The molecule has 2 aliphatic rings. The number of methoxy groups -OCH3 is 1. The van der Waals surface area contributed by atoms with Gasteiger partial charge in [0.2, 0.25) is 17.7 Å². The van der Waals surface area contributed by atoms with Crippen LogP contribution in [0.5, 0.6) is 11.5 Å². The molecule has 1 aromatic heterocycles. The van der Waals surface area contributed by atoms with E-state index in [0.717, 1.165) is 40.2 Å². The molecule has 0 radical (unpaired) electrons. The van der Waals surface area contributed by atoms with Crippen molar-refractivity contribution in [3.63, 3.8) is 0 Å². The summed E-state index contributed by atoms with van der Waals surface area (Å²) in [5.74, 6) is -0.0307. The molecule has 3 aromatic carbocycles. The van der Waals surface area contributed by atoms with E-state index in [2.05, 4.69) is 21.7 Å². The van der Waals surface area contributed by atoms with Gasteiger partial charge in [-0.1, -0.05) is 45.0 Å². The van der Waals surface area contributed by atoms with E-state index < -0.39 is 28.9 Å². The first-order valence-corrected chi connectivity index (χ1v) is 23.9. The largest absolute Gasteiger partial charge is 0.495 e. The van der Waals surface area contributed by atoms with Gasteiger partial charge in [0.1, 0.15) is 41.8 Å². The number of benzene rings is 3. The fourth-order valence-corrected chi connectivity index (χ4v) is 9.40. The number of aryl methyl sites for hydroxylation is 1. The van der Waals surface area contributed by atoms with Crippen LogP contribution in [0.3, 0.4) is 0 Å². The molecule has 2 N–H and O–H groups in total. The van der Waals surface area contributed by atoms with Gasteiger partial charge in [-0.3, -0.25) is 24.1 Å². The van der Waals surface area contributed by atoms with Crippen LogP contribution in [0.15, 0.2) is 72.2 Å². The summed E-state index contributed by atoms with van der Waals surface area (Å²) in [6, 6.07) is 21.0. The lowest BCUT2D eigenvalue weighted by Gasteiger charge is -2.35. The fourth-order valence-electron chi connectivity index (χ4n) is 8.07. The lowest BCUT2D eigenvalue weighted by molar-refractivity contribution is -0.144. The molecule has 2 fully saturated rings. The van der Waals surface area contributed by atoms with Crippen molar-refractivity contribution in [3.8, 4) is 28.0 Å². The molecule has 356 valence electrons. The molecule has 0 bridgehead atoms. The Morgan fingerprint density at radius 1 is 0.970 bits per heavy atom. The van der Waals surface area contributed by atoms with Crippen molar-refractivity contribution in [1.82, 2.24) is 20.5 Å². The highest BCUT2D eigenvalue weighted by molar-refractivity contribution is 7.81. The number of likely N-dealkylation sites (tertiary alicyclic amines) is 1. The highest BCUT2D eigenvalue weighted by atomic mass is 32.1. The molecule has 6 rings (SSSR count). The van der Waals surface area contributed by atoms with E-state index in [0.29, 0.717) is 86.6 Å². The van der Waals surface area contributed by atoms with Crippen LogP contribution in [0.4, 0.5) is 11.4 Å². The summed E-state index contributed by atoms with van der Waals surface area (Å²) in [5, 5.41) is 15.6. The first kappa shape index (κ1) is 50.5.